The molecule has 0 aliphatic carbocycles. The Morgan fingerprint density at radius 3 is 2.79 bits per heavy atom. The lowest BCUT2D eigenvalue weighted by atomic mass is 9.97. The zero-order valence-electron chi connectivity index (χ0n) is 13.9. The van der Waals surface area contributed by atoms with Crippen LogP contribution in [0.1, 0.15) is 24.0 Å². The molecule has 0 aromatic heterocycles. The molecule has 1 N–H and O–H groups in total. The third-order valence-electron chi connectivity index (χ3n) is 4.15. The highest BCUT2D eigenvalue weighted by Gasteiger charge is 2.26. The largest absolute Gasteiger partial charge is 0.469 e. The van der Waals surface area contributed by atoms with Gasteiger partial charge in [0.15, 0.2) is 5.96 Å². The smallest absolute Gasteiger partial charge is 0.308 e. The minimum Gasteiger partial charge on any atom is -0.469 e. The van der Waals surface area contributed by atoms with Gasteiger partial charge in [-0.3, -0.25) is 9.79 Å². The van der Waals surface area contributed by atoms with Gasteiger partial charge < -0.3 is 15.0 Å². The summed E-state index contributed by atoms with van der Waals surface area (Å²) in [5, 5.41) is 12.0. The number of rotatable bonds is 3. The van der Waals surface area contributed by atoms with Crippen LogP contribution in [0.5, 0.6) is 0 Å². The normalized spacial score (nSPS) is 15.8. The zero-order chi connectivity index (χ0) is 17.5. The minimum absolute atomic E-state index is 0.0749. The molecule has 1 fully saturated rings. The molecule has 0 amide bonds. The van der Waals surface area contributed by atoms with Crippen LogP contribution in [0.2, 0.25) is 0 Å². The van der Waals surface area contributed by atoms with Crippen LogP contribution in [0.4, 0.5) is 4.39 Å². The summed E-state index contributed by atoms with van der Waals surface area (Å²) in [6.07, 6.45) is 1.40. The van der Waals surface area contributed by atoms with E-state index in [9.17, 15) is 9.18 Å². The number of likely N-dealkylation sites (tertiary alicyclic amines) is 1. The molecule has 24 heavy (non-hydrogen) atoms. The van der Waals surface area contributed by atoms with Crippen LogP contribution in [0, 0.1) is 23.1 Å². The molecule has 0 radical (unpaired) electrons. The first-order valence-corrected chi connectivity index (χ1v) is 7.81. The molecule has 0 atom stereocenters. The number of nitrogens with one attached hydrogen (secondary N) is 1. The number of benzene rings is 1. The summed E-state index contributed by atoms with van der Waals surface area (Å²) in [5.74, 6) is 0.0449. The van der Waals surface area contributed by atoms with Crippen LogP contribution in [0.25, 0.3) is 0 Å². The monoisotopic (exact) mass is 332 g/mol. The van der Waals surface area contributed by atoms with Crippen LogP contribution in [-0.2, 0) is 16.1 Å². The number of esters is 1. The molecule has 0 unspecified atom stereocenters. The van der Waals surface area contributed by atoms with Crippen molar-refractivity contribution in [2.24, 2.45) is 10.9 Å². The molecular formula is C17H21FN4O2. The number of nitrogens with zero attached hydrogens (tertiary/aromatic N) is 3. The fourth-order valence-corrected chi connectivity index (χ4v) is 2.78. The molecule has 0 bridgehead atoms. The lowest BCUT2D eigenvalue weighted by Gasteiger charge is -2.33. The van der Waals surface area contributed by atoms with Crippen molar-refractivity contribution in [3.8, 4) is 6.07 Å². The van der Waals surface area contributed by atoms with E-state index in [1.807, 2.05) is 11.0 Å². The molecular weight excluding hydrogens is 311 g/mol. The van der Waals surface area contributed by atoms with E-state index in [0.717, 1.165) is 0 Å². The molecule has 7 heteroatoms. The van der Waals surface area contributed by atoms with Gasteiger partial charge in [0.1, 0.15) is 5.82 Å². The molecule has 1 heterocycles. The fourth-order valence-electron chi connectivity index (χ4n) is 2.78. The van der Waals surface area contributed by atoms with Crippen LogP contribution < -0.4 is 5.32 Å². The summed E-state index contributed by atoms with van der Waals surface area (Å²) in [5.41, 5.74) is 0.835. The average Bonchev–Trinajstić information content (AvgIpc) is 2.63. The molecule has 6 nitrogen and oxygen atoms in total. The molecule has 1 aromatic rings. The van der Waals surface area contributed by atoms with E-state index < -0.39 is 0 Å². The highest BCUT2D eigenvalue weighted by atomic mass is 19.1. The van der Waals surface area contributed by atoms with Gasteiger partial charge in [-0.15, -0.1) is 0 Å². The maximum absolute atomic E-state index is 13.8. The van der Waals surface area contributed by atoms with Gasteiger partial charge in [0.2, 0.25) is 0 Å². The quantitative estimate of drug-likeness (QED) is 0.517. The number of carbonyl (C=O) groups is 1. The topological polar surface area (TPSA) is 77.7 Å². The highest BCUT2D eigenvalue weighted by molar-refractivity contribution is 5.80. The molecule has 1 aromatic carbocycles. The number of carbonyl (C=O) groups excluding carboxylic acids is 1. The van der Waals surface area contributed by atoms with E-state index in [1.165, 1.54) is 25.3 Å². The Kier molecular flexibility index (Phi) is 6.13. The van der Waals surface area contributed by atoms with E-state index in [0.29, 0.717) is 43.0 Å². The summed E-state index contributed by atoms with van der Waals surface area (Å²) >= 11 is 0. The standard InChI is InChI=1S/C17H21FN4O2/c1-20-17(22-7-5-13(6-8-22)16(23)24-2)21-11-14-9-12(10-19)3-4-15(14)18/h3-4,9,13H,5-8,11H2,1-2H3,(H,20,21). The van der Waals surface area contributed by atoms with Gasteiger partial charge in [0, 0.05) is 32.2 Å². The summed E-state index contributed by atoms with van der Waals surface area (Å²) in [4.78, 5) is 17.8. The van der Waals surface area contributed by atoms with Gasteiger partial charge >= 0.3 is 5.97 Å². The first kappa shape index (κ1) is 17.7. The van der Waals surface area contributed by atoms with Crippen molar-refractivity contribution in [3.05, 3.63) is 35.1 Å². The number of hydrogen-bond acceptors (Lipinski definition) is 4. The van der Waals surface area contributed by atoms with Gasteiger partial charge in [-0.1, -0.05) is 0 Å². The number of ether oxygens (including phenoxy) is 1. The third-order valence-corrected chi connectivity index (χ3v) is 4.15. The number of halogens is 1. The van der Waals surface area contributed by atoms with E-state index in [2.05, 4.69) is 10.3 Å². The maximum atomic E-state index is 13.8. The lowest BCUT2D eigenvalue weighted by Crippen LogP contribution is -2.46. The van der Waals surface area contributed by atoms with Crippen LogP contribution in [-0.4, -0.2) is 44.1 Å². The van der Waals surface area contributed by atoms with Crippen molar-refractivity contribution in [2.75, 3.05) is 27.2 Å². The predicted octanol–water partition coefficient (Wildman–Crippen LogP) is 1.66. The Labute approximate surface area is 140 Å². The van der Waals surface area contributed by atoms with E-state index in [-0.39, 0.29) is 24.2 Å². The minimum atomic E-state index is -0.360. The van der Waals surface area contributed by atoms with Gasteiger partial charge in [-0.25, -0.2) is 4.39 Å². The van der Waals surface area contributed by atoms with E-state index in [1.54, 1.807) is 7.05 Å². The molecule has 2 rings (SSSR count). The number of nitriles is 1. The van der Waals surface area contributed by atoms with Gasteiger partial charge in [0.25, 0.3) is 0 Å². The van der Waals surface area contributed by atoms with Crippen molar-refractivity contribution < 1.29 is 13.9 Å². The number of piperidine rings is 1. The van der Waals surface area contributed by atoms with E-state index in [4.69, 9.17) is 10.00 Å². The number of aliphatic imine (C=N–C) groups is 1. The van der Waals surface area contributed by atoms with Crippen molar-refractivity contribution in [1.29, 1.82) is 5.26 Å². The fraction of sp³-hybridized carbons (Fsp3) is 0.471. The molecule has 1 aliphatic heterocycles. The van der Waals surface area contributed by atoms with Crippen molar-refractivity contribution >= 4 is 11.9 Å². The summed E-state index contributed by atoms with van der Waals surface area (Å²) < 4.78 is 18.6. The summed E-state index contributed by atoms with van der Waals surface area (Å²) in [6, 6.07) is 6.27. The molecule has 0 spiro atoms. The molecule has 1 saturated heterocycles. The Hall–Kier alpha value is -2.62. The zero-order valence-corrected chi connectivity index (χ0v) is 13.9. The SMILES string of the molecule is CN=C(NCc1cc(C#N)ccc1F)N1CCC(C(=O)OC)CC1. The molecule has 0 saturated carbocycles. The maximum Gasteiger partial charge on any atom is 0.308 e. The number of hydrogen-bond donors (Lipinski definition) is 1. The predicted molar refractivity (Wildman–Crippen MR) is 87.6 cm³/mol. The molecule has 1 aliphatic rings. The Morgan fingerprint density at radius 2 is 2.21 bits per heavy atom. The van der Waals surface area contributed by atoms with Gasteiger partial charge in [-0.2, -0.15) is 5.26 Å². The second-order valence-corrected chi connectivity index (χ2v) is 5.60. The second-order valence-electron chi connectivity index (χ2n) is 5.60. The Bertz CT molecular complexity index is 661. The number of methoxy groups -OCH3 is 1. The van der Waals surface area contributed by atoms with Gasteiger partial charge in [0.05, 0.1) is 24.7 Å². The second kappa shape index (κ2) is 8.29. The summed E-state index contributed by atoms with van der Waals surface area (Å²) in [6.45, 7) is 1.60. The van der Waals surface area contributed by atoms with E-state index >= 15 is 0 Å². The van der Waals surface area contributed by atoms with Crippen LogP contribution in [0.15, 0.2) is 23.2 Å². The lowest BCUT2D eigenvalue weighted by molar-refractivity contribution is -0.146. The third kappa shape index (κ3) is 4.22. The Balaban J connectivity index is 1.95. The van der Waals surface area contributed by atoms with Crippen LogP contribution >= 0.6 is 0 Å². The highest BCUT2D eigenvalue weighted by Crippen LogP contribution is 2.18. The summed E-state index contributed by atoms with van der Waals surface area (Å²) in [7, 11) is 3.07. The first-order chi connectivity index (χ1) is 11.6. The first-order valence-electron chi connectivity index (χ1n) is 7.81. The average molecular weight is 332 g/mol. The molecule has 128 valence electrons. The van der Waals surface area contributed by atoms with Crippen molar-refractivity contribution in [3.63, 3.8) is 0 Å². The van der Waals surface area contributed by atoms with Gasteiger partial charge in [-0.05, 0) is 31.0 Å². The van der Waals surface area contributed by atoms with Crippen LogP contribution in [0.3, 0.4) is 0 Å². The number of guanidine groups is 1. The Morgan fingerprint density at radius 1 is 1.50 bits per heavy atom. The van der Waals surface area contributed by atoms with Crippen molar-refractivity contribution in [2.45, 2.75) is 19.4 Å². The van der Waals surface area contributed by atoms with Crippen molar-refractivity contribution in [1.82, 2.24) is 10.2 Å².